The Morgan fingerprint density at radius 1 is 0.833 bits per heavy atom. The molecule has 1 aromatic heterocycles. The van der Waals surface area contributed by atoms with Crippen molar-refractivity contribution in [3.05, 3.63) is 84.3 Å². The van der Waals surface area contributed by atoms with Crippen LogP contribution in [0.25, 0.3) is 11.1 Å². The number of hydrogen-bond acceptors (Lipinski definition) is 4. The second-order valence-electron chi connectivity index (χ2n) is 9.28. The molecule has 0 aliphatic rings. The van der Waals surface area contributed by atoms with Crippen LogP contribution in [-0.2, 0) is 22.4 Å². The minimum atomic E-state index is -1.16. The van der Waals surface area contributed by atoms with Gasteiger partial charge in [0.15, 0.2) is 0 Å². The summed E-state index contributed by atoms with van der Waals surface area (Å²) in [7, 11) is 0. The summed E-state index contributed by atoms with van der Waals surface area (Å²) in [6, 6.07) is 16.7. The van der Waals surface area contributed by atoms with E-state index < -0.39 is 29.9 Å². The first-order valence-electron chi connectivity index (χ1n) is 11.9. The Balaban J connectivity index is 1.70. The number of nitrogens with zero attached hydrogens (tertiary/aromatic N) is 1. The van der Waals surface area contributed by atoms with Gasteiger partial charge in [-0.25, -0.2) is 9.59 Å². The highest BCUT2D eigenvalue weighted by atomic mass is 16.4. The maximum absolute atomic E-state index is 13.2. The lowest BCUT2D eigenvalue weighted by Gasteiger charge is -2.29. The van der Waals surface area contributed by atoms with Gasteiger partial charge in [0.25, 0.3) is 0 Å². The fourth-order valence-corrected chi connectivity index (χ4v) is 4.01. The number of carbonyl (C=O) groups is 3. The van der Waals surface area contributed by atoms with Crippen molar-refractivity contribution in [2.45, 2.75) is 32.7 Å². The molecular weight excluding hydrogens is 460 g/mol. The van der Waals surface area contributed by atoms with E-state index in [1.165, 1.54) is 4.90 Å². The number of aliphatic carboxylic acids is 2. The molecule has 1 heterocycles. The highest BCUT2D eigenvalue weighted by Crippen LogP contribution is 2.21. The highest BCUT2D eigenvalue weighted by Gasteiger charge is 2.28. The van der Waals surface area contributed by atoms with Gasteiger partial charge in [-0.05, 0) is 35.1 Å². The Kier molecular flexibility index (Phi) is 9.27. The van der Waals surface area contributed by atoms with Crippen LogP contribution in [-0.4, -0.2) is 52.2 Å². The Labute approximate surface area is 210 Å². The van der Waals surface area contributed by atoms with Crippen LogP contribution in [0.4, 0.5) is 4.79 Å². The van der Waals surface area contributed by atoms with Crippen LogP contribution in [0, 0.1) is 11.8 Å². The summed E-state index contributed by atoms with van der Waals surface area (Å²) in [5, 5.41) is 22.2. The third kappa shape index (κ3) is 7.73. The first-order valence-corrected chi connectivity index (χ1v) is 11.9. The van der Waals surface area contributed by atoms with E-state index >= 15 is 0 Å². The number of rotatable bonds is 12. The summed E-state index contributed by atoms with van der Waals surface area (Å²) in [5.74, 6) is -2.92. The molecule has 190 valence electrons. The molecule has 0 saturated heterocycles. The molecule has 8 nitrogen and oxygen atoms in total. The Morgan fingerprint density at radius 2 is 1.50 bits per heavy atom. The monoisotopic (exact) mass is 492 g/mol. The van der Waals surface area contributed by atoms with E-state index in [0.29, 0.717) is 6.54 Å². The van der Waals surface area contributed by atoms with E-state index in [2.05, 4.69) is 5.32 Å². The van der Waals surface area contributed by atoms with Gasteiger partial charge in [0.05, 0.1) is 18.4 Å². The van der Waals surface area contributed by atoms with E-state index in [-0.39, 0.29) is 25.3 Å². The van der Waals surface area contributed by atoms with Crippen molar-refractivity contribution in [1.82, 2.24) is 10.2 Å². The fourth-order valence-electron chi connectivity index (χ4n) is 4.01. The second-order valence-corrected chi connectivity index (χ2v) is 9.28. The molecule has 3 rings (SSSR count). The third-order valence-corrected chi connectivity index (χ3v) is 5.83. The lowest BCUT2D eigenvalue weighted by Crippen LogP contribution is -2.51. The quantitative estimate of drug-likeness (QED) is 0.341. The minimum absolute atomic E-state index is 0.0278. The number of carboxylic acid groups (broad SMARTS) is 2. The standard InChI is InChI=1S/C28H32N2O6/c1-19(2)16-30(17-24(26(31)32)14-20-6-4-3-5-7-20)28(35)29-25(27(33)34)15-21-8-10-22(11-9-21)23-12-13-36-18-23/h3-13,18-19,24-25H,14-17H2,1-2H3,(H,29,35)(H,31,32)(H,33,34)/t24?,25-/m0/s1. The average molecular weight is 493 g/mol. The summed E-state index contributed by atoms with van der Waals surface area (Å²) in [6.45, 7) is 4.11. The lowest BCUT2D eigenvalue weighted by atomic mass is 9.98. The number of urea groups is 1. The Hall–Kier alpha value is -4.07. The first kappa shape index (κ1) is 26.5. The van der Waals surface area contributed by atoms with E-state index in [1.807, 2.05) is 74.5 Å². The SMILES string of the molecule is CC(C)CN(CC(Cc1ccccc1)C(=O)O)C(=O)N[C@@H](Cc1ccc(-c2ccoc2)cc1)C(=O)O. The molecule has 0 saturated carbocycles. The molecule has 0 aliphatic heterocycles. The zero-order valence-corrected chi connectivity index (χ0v) is 20.5. The Morgan fingerprint density at radius 3 is 2.06 bits per heavy atom. The van der Waals surface area contributed by atoms with Crippen molar-refractivity contribution in [2.24, 2.45) is 11.8 Å². The molecule has 2 aromatic carbocycles. The molecule has 1 unspecified atom stereocenters. The first-order chi connectivity index (χ1) is 17.2. The second kappa shape index (κ2) is 12.6. The number of nitrogens with one attached hydrogen (secondary N) is 1. The number of furan rings is 1. The van der Waals surface area contributed by atoms with Gasteiger partial charge in [-0.1, -0.05) is 68.4 Å². The van der Waals surface area contributed by atoms with Crippen LogP contribution >= 0.6 is 0 Å². The van der Waals surface area contributed by atoms with Gasteiger partial charge in [0, 0.05) is 25.1 Å². The average Bonchev–Trinajstić information content (AvgIpc) is 3.38. The molecule has 2 amide bonds. The summed E-state index contributed by atoms with van der Waals surface area (Å²) in [5.41, 5.74) is 3.46. The molecule has 0 radical (unpaired) electrons. The number of hydrogen-bond donors (Lipinski definition) is 3. The van der Waals surface area contributed by atoms with E-state index in [0.717, 1.165) is 22.3 Å². The summed E-state index contributed by atoms with van der Waals surface area (Å²) >= 11 is 0. The van der Waals surface area contributed by atoms with Crippen LogP contribution in [0.5, 0.6) is 0 Å². The molecule has 3 aromatic rings. The zero-order chi connectivity index (χ0) is 26.1. The predicted octanol–water partition coefficient (Wildman–Crippen LogP) is 4.55. The van der Waals surface area contributed by atoms with Gasteiger partial charge < -0.3 is 24.8 Å². The van der Waals surface area contributed by atoms with Crippen molar-refractivity contribution < 1.29 is 29.0 Å². The van der Waals surface area contributed by atoms with Gasteiger partial charge in [-0.2, -0.15) is 0 Å². The van der Waals surface area contributed by atoms with Gasteiger partial charge in [-0.3, -0.25) is 4.79 Å². The number of amides is 2. The van der Waals surface area contributed by atoms with Crippen molar-refractivity contribution in [1.29, 1.82) is 0 Å². The highest BCUT2D eigenvalue weighted by molar-refractivity contribution is 5.83. The molecular formula is C28H32N2O6. The number of benzene rings is 2. The Bertz CT molecular complexity index is 1130. The van der Waals surface area contributed by atoms with Gasteiger partial charge in [0.2, 0.25) is 0 Å². The van der Waals surface area contributed by atoms with Crippen molar-refractivity contribution >= 4 is 18.0 Å². The van der Waals surface area contributed by atoms with Gasteiger partial charge in [0.1, 0.15) is 6.04 Å². The molecule has 2 atom stereocenters. The largest absolute Gasteiger partial charge is 0.481 e. The maximum atomic E-state index is 13.2. The van der Waals surface area contributed by atoms with Crippen LogP contribution in [0.2, 0.25) is 0 Å². The van der Waals surface area contributed by atoms with Crippen LogP contribution < -0.4 is 5.32 Å². The molecule has 0 fully saturated rings. The molecule has 0 bridgehead atoms. The van der Waals surface area contributed by atoms with Gasteiger partial charge in [-0.15, -0.1) is 0 Å². The third-order valence-electron chi connectivity index (χ3n) is 5.83. The molecule has 8 heteroatoms. The van der Waals surface area contributed by atoms with E-state index in [1.54, 1.807) is 12.5 Å². The maximum Gasteiger partial charge on any atom is 0.326 e. The summed E-state index contributed by atoms with van der Waals surface area (Å²) in [6.07, 6.45) is 3.57. The van der Waals surface area contributed by atoms with Crippen LogP contribution in [0.1, 0.15) is 25.0 Å². The lowest BCUT2D eigenvalue weighted by molar-refractivity contribution is -0.142. The zero-order valence-electron chi connectivity index (χ0n) is 20.5. The molecule has 0 spiro atoms. The number of carbonyl (C=O) groups excluding carboxylic acids is 1. The van der Waals surface area contributed by atoms with Crippen LogP contribution in [0.15, 0.2) is 77.6 Å². The topological polar surface area (TPSA) is 120 Å². The van der Waals surface area contributed by atoms with E-state index in [9.17, 15) is 24.6 Å². The minimum Gasteiger partial charge on any atom is -0.481 e. The molecule has 3 N–H and O–H groups in total. The molecule has 36 heavy (non-hydrogen) atoms. The predicted molar refractivity (Wildman–Crippen MR) is 135 cm³/mol. The fraction of sp³-hybridized carbons (Fsp3) is 0.321. The van der Waals surface area contributed by atoms with E-state index in [4.69, 9.17) is 4.42 Å². The normalized spacial score (nSPS) is 12.6. The van der Waals surface area contributed by atoms with Gasteiger partial charge >= 0.3 is 18.0 Å². The summed E-state index contributed by atoms with van der Waals surface area (Å²) < 4.78 is 5.10. The number of carboxylic acids is 2. The smallest absolute Gasteiger partial charge is 0.326 e. The van der Waals surface area contributed by atoms with Crippen molar-refractivity contribution in [2.75, 3.05) is 13.1 Å². The van der Waals surface area contributed by atoms with Crippen LogP contribution in [0.3, 0.4) is 0 Å². The van der Waals surface area contributed by atoms with Crippen molar-refractivity contribution in [3.8, 4) is 11.1 Å². The van der Waals surface area contributed by atoms with Crippen molar-refractivity contribution in [3.63, 3.8) is 0 Å². The summed E-state index contributed by atoms with van der Waals surface area (Å²) in [4.78, 5) is 38.5. The molecule has 0 aliphatic carbocycles.